The van der Waals surface area contributed by atoms with Gasteiger partial charge in [0.05, 0.1) is 77.2 Å². The molecule has 4 N–H and O–H groups in total. The first-order valence-corrected chi connectivity index (χ1v) is 17.4. The Kier molecular flexibility index (Phi) is 13.0. The molecule has 4 heterocycles. The van der Waals surface area contributed by atoms with Crippen LogP contribution in [0.2, 0.25) is 0 Å². The Bertz CT molecular complexity index is 1640. The Labute approximate surface area is 316 Å². The third-order valence-electron chi connectivity index (χ3n) is 8.11. The Hall–Kier alpha value is -5.38. The second kappa shape index (κ2) is 17.6. The number of nitrogens with zero attached hydrogens (tertiary/aromatic N) is 4. The molecule has 0 aliphatic carbocycles. The minimum atomic E-state index is -0.867. The van der Waals surface area contributed by atoms with Gasteiger partial charge in [0.25, 0.3) is 10.3 Å². The number of hydrogen-bond donors (Lipinski definition) is 4. The molecular formula is C32H36F4N8O8S2. The summed E-state index contributed by atoms with van der Waals surface area (Å²) < 4.78 is 78.4. The number of nitrogens with one attached hydrogen (secondary N) is 4. The van der Waals surface area contributed by atoms with Crippen molar-refractivity contribution < 1.29 is 55.7 Å². The number of benzene rings is 2. The number of hydrogen-bond acceptors (Lipinski definition) is 12. The monoisotopic (exact) mass is 800 g/mol. The molecule has 0 aromatic heterocycles. The quantitative estimate of drug-likeness (QED) is 0.204. The number of cyclic esters (lactones) is 2. The smallest absolute Gasteiger partial charge is 0.414 e. The van der Waals surface area contributed by atoms with Crippen LogP contribution in [0, 0.1) is 23.3 Å². The van der Waals surface area contributed by atoms with Crippen LogP contribution in [0.5, 0.6) is 0 Å². The minimum Gasteiger partial charge on any atom is -0.471 e. The van der Waals surface area contributed by atoms with Crippen molar-refractivity contribution in [2.24, 2.45) is 0 Å². The van der Waals surface area contributed by atoms with Crippen LogP contribution in [0.3, 0.4) is 0 Å². The van der Waals surface area contributed by atoms with E-state index < -0.39 is 47.7 Å². The Morgan fingerprint density at radius 3 is 1.35 bits per heavy atom. The highest BCUT2D eigenvalue weighted by atomic mass is 32.1. The van der Waals surface area contributed by atoms with Gasteiger partial charge in [-0.2, -0.15) is 0 Å². The first-order valence-electron chi connectivity index (χ1n) is 16.6. The molecule has 4 fully saturated rings. The fourth-order valence-corrected chi connectivity index (χ4v) is 6.11. The van der Waals surface area contributed by atoms with Crippen molar-refractivity contribution >= 4 is 81.5 Å². The van der Waals surface area contributed by atoms with E-state index in [4.69, 9.17) is 43.4 Å². The molecule has 0 saturated carbocycles. The highest BCUT2D eigenvalue weighted by Gasteiger charge is 2.36. The van der Waals surface area contributed by atoms with Gasteiger partial charge in [-0.1, -0.05) is 0 Å². The van der Waals surface area contributed by atoms with Gasteiger partial charge in [-0.15, -0.1) is 0 Å². The van der Waals surface area contributed by atoms with Crippen LogP contribution in [0.4, 0.5) is 49.9 Å². The minimum absolute atomic E-state index is 0.0191. The molecule has 2 aromatic carbocycles. The van der Waals surface area contributed by atoms with E-state index in [9.17, 15) is 36.7 Å². The first kappa shape index (κ1) is 39.8. The lowest BCUT2D eigenvalue weighted by Gasteiger charge is -2.20. The number of amides is 4. The van der Waals surface area contributed by atoms with Gasteiger partial charge < -0.3 is 50.0 Å². The summed E-state index contributed by atoms with van der Waals surface area (Å²) in [5.74, 6) is -4.11. The topological polar surface area (TPSA) is 166 Å². The van der Waals surface area contributed by atoms with Crippen molar-refractivity contribution in [3.63, 3.8) is 0 Å². The average Bonchev–Trinajstić information content (AvgIpc) is 3.90. The first-order chi connectivity index (χ1) is 25.8. The van der Waals surface area contributed by atoms with Crippen molar-refractivity contribution in [2.45, 2.75) is 26.1 Å². The number of carbonyl (C=O) groups is 4. The maximum atomic E-state index is 14.5. The van der Waals surface area contributed by atoms with Crippen LogP contribution in [0.15, 0.2) is 24.3 Å². The van der Waals surface area contributed by atoms with E-state index >= 15 is 0 Å². The van der Waals surface area contributed by atoms with Crippen LogP contribution in [-0.2, 0) is 28.5 Å². The fraction of sp³-hybridized carbons (Fsp3) is 0.438. The summed E-state index contributed by atoms with van der Waals surface area (Å²) in [6, 6.07) is 4.18. The van der Waals surface area contributed by atoms with Gasteiger partial charge in [-0.25, -0.2) is 27.2 Å². The van der Waals surface area contributed by atoms with E-state index in [0.29, 0.717) is 13.2 Å². The predicted octanol–water partition coefficient (Wildman–Crippen LogP) is 2.19. The van der Waals surface area contributed by atoms with Crippen LogP contribution in [0.25, 0.3) is 0 Å². The van der Waals surface area contributed by atoms with Crippen molar-refractivity contribution in [3.8, 4) is 0 Å². The Morgan fingerprint density at radius 2 is 1.06 bits per heavy atom. The summed E-state index contributed by atoms with van der Waals surface area (Å²) in [5.41, 5.74) is -0.561. The van der Waals surface area contributed by atoms with E-state index in [1.807, 2.05) is 0 Å². The lowest BCUT2D eigenvalue weighted by Crippen LogP contribution is -2.34. The molecular weight excluding hydrogens is 765 g/mol. The van der Waals surface area contributed by atoms with Gasteiger partial charge in [-0.3, -0.25) is 19.4 Å². The van der Waals surface area contributed by atoms with Crippen molar-refractivity contribution in [3.05, 3.63) is 47.5 Å². The van der Waals surface area contributed by atoms with Crippen LogP contribution in [-0.4, -0.2) is 112 Å². The highest BCUT2D eigenvalue weighted by molar-refractivity contribution is 7.80. The second-order valence-electron chi connectivity index (χ2n) is 11.9. The van der Waals surface area contributed by atoms with Crippen molar-refractivity contribution in [2.75, 3.05) is 85.4 Å². The summed E-state index contributed by atoms with van der Waals surface area (Å²) in [5, 5.41) is 10.9. The van der Waals surface area contributed by atoms with E-state index in [1.54, 1.807) is 13.8 Å². The third-order valence-corrected chi connectivity index (χ3v) is 8.63. The van der Waals surface area contributed by atoms with Crippen molar-refractivity contribution in [1.82, 2.24) is 21.3 Å². The zero-order valence-corrected chi connectivity index (χ0v) is 30.6. The summed E-state index contributed by atoms with van der Waals surface area (Å²) >= 11 is 9.86. The molecule has 4 aliphatic heterocycles. The molecule has 2 atom stereocenters. The molecule has 54 heavy (non-hydrogen) atoms. The van der Waals surface area contributed by atoms with Gasteiger partial charge in [0, 0.05) is 24.3 Å². The molecule has 292 valence electrons. The van der Waals surface area contributed by atoms with Crippen molar-refractivity contribution in [1.29, 1.82) is 0 Å². The summed E-state index contributed by atoms with van der Waals surface area (Å²) in [7, 11) is 0. The highest BCUT2D eigenvalue weighted by Crippen LogP contribution is 2.33. The van der Waals surface area contributed by atoms with E-state index in [0.717, 1.165) is 34.1 Å². The molecule has 1 unspecified atom stereocenters. The lowest BCUT2D eigenvalue weighted by molar-refractivity contribution is -0.118. The molecule has 4 amide bonds. The predicted molar refractivity (Wildman–Crippen MR) is 193 cm³/mol. The maximum Gasteiger partial charge on any atom is 0.414 e. The molecule has 0 radical (unpaired) electrons. The van der Waals surface area contributed by atoms with E-state index in [2.05, 4.69) is 21.3 Å². The lowest BCUT2D eigenvalue weighted by atomic mass is 10.2. The van der Waals surface area contributed by atoms with E-state index in [1.165, 1.54) is 9.80 Å². The number of carbonyl (C=O) groups excluding carboxylic acids is 4. The van der Waals surface area contributed by atoms with Gasteiger partial charge in [0.2, 0.25) is 11.8 Å². The van der Waals surface area contributed by atoms with Gasteiger partial charge in [-0.05, 0) is 38.3 Å². The zero-order chi connectivity index (χ0) is 39.1. The summed E-state index contributed by atoms with van der Waals surface area (Å²) in [6.45, 7) is 4.78. The Balaban J connectivity index is 0.000000208. The third kappa shape index (κ3) is 9.58. The number of anilines is 4. The van der Waals surface area contributed by atoms with Crippen LogP contribution in [0.1, 0.15) is 13.8 Å². The van der Waals surface area contributed by atoms with Gasteiger partial charge in [0.15, 0.2) is 23.3 Å². The molecule has 0 bridgehead atoms. The molecule has 4 aliphatic rings. The number of rotatable bonds is 10. The standard InChI is InChI=1S/2C16H18F2N4O4S/c2*1-2-25-15(27)19-5-10-6-22(16(24)26-10)9-3-11(17)14(12(18)4-9)21-7-13(23)20-8-21/h2*3-4,10H,2,5-8H2,1H3,(H,19,27)(H,20,23)/t10-;/m1./s1. The number of halogens is 4. The molecule has 22 heteroatoms. The van der Waals surface area contributed by atoms with Gasteiger partial charge in [0.1, 0.15) is 23.6 Å². The zero-order valence-electron chi connectivity index (χ0n) is 28.9. The molecule has 6 rings (SSSR count). The molecule has 16 nitrogen and oxygen atoms in total. The largest absolute Gasteiger partial charge is 0.471 e. The number of ether oxygens (including phenoxy) is 4. The molecule has 2 aromatic rings. The molecule has 0 spiro atoms. The number of thiocarbonyl (C=S) groups is 2. The van der Waals surface area contributed by atoms with Crippen LogP contribution < -0.4 is 40.9 Å². The maximum absolute atomic E-state index is 14.5. The SMILES string of the molecule is CCOC(=S)NCC1CN(c2cc(F)c(N3CNC(=O)C3)c(F)c2)C(=O)O1.CCOC(=S)NC[C@@H]1CN(c2cc(F)c(N3CNC(=O)C3)c(F)c2)C(=O)O1. The van der Waals surface area contributed by atoms with Crippen LogP contribution >= 0.6 is 24.4 Å². The fourth-order valence-electron chi connectivity index (χ4n) is 5.71. The molecule has 4 saturated heterocycles. The summed E-state index contributed by atoms with van der Waals surface area (Å²) in [4.78, 5) is 51.4. The Morgan fingerprint density at radius 1 is 0.704 bits per heavy atom. The van der Waals surface area contributed by atoms with E-state index in [-0.39, 0.29) is 97.5 Å². The van der Waals surface area contributed by atoms with Gasteiger partial charge >= 0.3 is 12.2 Å². The normalized spacial score (nSPS) is 19.1. The summed E-state index contributed by atoms with van der Waals surface area (Å²) in [6.07, 6.45) is -2.54. The average molecular weight is 801 g/mol. The second-order valence-corrected chi connectivity index (χ2v) is 12.6.